The molecule has 0 saturated carbocycles. The second kappa shape index (κ2) is 5.17. The van der Waals surface area contributed by atoms with Crippen molar-refractivity contribution in [2.24, 2.45) is 0 Å². The molecule has 4 heteroatoms. The van der Waals surface area contributed by atoms with Gasteiger partial charge in [0.05, 0.1) is 13.7 Å². The Labute approximate surface area is 87.4 Å². The minimum atomic E-state index is -1.000. The summed E-state index contributed by atoms with van der Waals surface area (Å²) in [6, 6.07) is 5.08. The van der Waals surface area contributed by atoms with Crippen molar-refractivity contribution in [1.82, 2.24) is 0 Å². The summed E-state index contributed by atoms with van der Waals surface area (Å²) in [5.41, 5.74) is 1.39. The van der Waals surface area contributed by atoms with Crippen LogP contribution in [0.3, 0.4) is 0 Å². The maximum absolute atomic E-state index is 10.3. The lowest BCUT2D eigenvalue weighted by molar-refractivity contribution is -0.131. The van der Waals surface area contributed by atoms with Crippen LogP contribution < -0.4 is 4.74 Å². The fourth-order valence-corrected chi connectivity index (χ4v) is 1.16. The van der Waals surface area contributed by atoms with Gasteiger partial charge in [-0.1, -0.05) is 12.1 Å². The fourth-order valence-electron chi connectivity index (χ4n) is 1.16. The number of carbonyl (C=O) groups is 1. The Kier molecular flexibility index (Phi) is 3.88. The molecule has 0 unspecified atom stereocenters. The molecule has 0 aromatic heterocycles. The molecule has 0 aliphatic rings. The first-order valence-electron chi connectivity index (χ1n) is 4.36. The van der Waals surface area contributed by atoms with Crippen molar-refractivity contribution in [1.29, 1.82) is 0 Å². The molecule has 0 fully saturated rings. The van der Waals surface area contributed by atoms with Gasteiger partial charge in [-0.2, -0.15) is 0 Å². The van der Waals surface area contributed by atoms with Crippen molar-refractivity contribution in [2.75, 3.05) is 7.11 Å². The summed E-state index contributed by atoms with van der Waals surface area (Å²) in [7, 11) is 1.50. The van der Waals surface area contributed by atoms with Gasteiger partial charge in [-0.3, -0.25) is 0 Å². The van der Waals surface area contributed by atoms with E-state index >= 15 is 0 Å². The molecule has 0 spiro atoms. The lowest BCUT2D eigenvalue weighted by atomic mass is 10.1. The SMILES string of the molecule is COc1cc(C=CC(=O)O)ccc1CO. The number of aliphatic carboxylic acids is 1. The number of aliphatic hydroxyl groups excluding tert-OH is 1. The Morgan fingerprint density at radius 3 is 2.80 bits per heavy atom. The summed E-state index contributed by atoms with van der Waals surface area (Å²) < 4.78 is 5.04. The van der Waals surface area contributed by atoms with Crippen molar-refractivity contribution in [3.63, 3.8) is 0 Å². The number of ether oxygens (including phenoxy) is 1. The topological polar surface area (TPSA) is 66.8 Å². The van der Waals surface area contributed by atoms with Crippen molar-refractivity contribution in [2.45, 2.75) is 6.61 Å². The molecule has 0 heterocycles. The van der Waals surface area contributed by atoms with E-state index in [4.69, 9.17) is 14.9 Å². The summed E-state index contributed by atoms with van der Waals surface area (Å²) in [4.78, 5) is 10.3. The van der Waals surface area contributed by atoms with Gasteiger partial charge in [-0.05, 0) is 17.7 Å². The maximum atomic E-state index is 10.3. The smallest absolute Gasteiger partial charge is 0.328 e. The van der Waals surface area contributed by atoms with Crippen molar-refractivity contribution in [3.8, 4) is 5.75 Å². The van der Waals surface area contributed by atoms with Crippen LogP contribution in [0, 0.1) is 0 Å². The second-order valence-corrected chi connectivity index (χ2v) is 2.90. The minimum absolute atomic E-state index is 0.105. The quantitative estimate of drug-likeness (QED) is 0.731. The average molecular weight is 208 g/mol. The minimum Gasteiger partial charge on any atom is -0.496 e. The van der Waals surface area contributed by atoms with Gasteiger partial charge in [0.1, 0.15) is 5.75 Å². The Hall–Kier alpha value is -1.81. The van der Waals surface area contributed by atoms with Gasteiger partial charge < -0.3 is 14.9 Å². The predicted octanol–water partition coefficient (Wildman–Crippen LogP) is 1.29. The van der Waals surface area contributed by atoms with Crippen LogP contribution in [0.2, 0.25) is 0 Å². The molecule has 0 atom stereocenters. The standard InChI is InChI=1S/C11H12O4/c1-15-10-6-8(3-5-11(13)14)2-4-9(10)7-12/h2-6,12H,7H2,1H3,(H,13,14). The first-order valence-corrected chi connectivity index (χ1v) is 4.36. The number of carboxylic acid groups (broad SMARTS) is 1. The van der Waals surface area contributed by atoms with Gasteiger partial charge in [-0.25, -0.2) is 4.79 Å². The Morgan fingerprint density at radius 1 is 1.53 bits per heavy atom. The first-order chi connectivity index (χ1) is 7.17. The van der Waals surface area contributed by atoms with Crippen LogP contribution in [-0.4, -0.2) is 23.3 Å². The molecule has 0 aliphatic carbocycles. The summed E-state index contributed by atoms with van der Waals surface area (Å²) in [5.74, 6) is -0.453. The van der Waals surface area contributed by atoms with Crippen molar-refractivity contribution < 1.29 is 19.7 Å². The molecule has 15 heavy (non-hydrogen) atoms. The third-order valence-corrected chi connectivity index (χ3v) is 1.90. The molecule has 80 valence electrons. The van der Waals surface area contributed by atoms with E-state index in [1.54, 1.807) is 18.2 Å². The van der Waals surface area contributed by atoms with E-state index in [9.17, 15) is 4.79 Å². The summed E-state index contributed by atoms with van der Waals surface area (Å²) >= 11 is 0. The Bertz CT molecular complexity index is 382. The van der Waals surface area contributed by atoms with E-state index < -0.39 is 5.97 Å². The zero-order valence-electron chi connectivity index (χ0n) is 8.30. The van der Waals surface area contributed by atoms with Crippen LogP contribution in [0.4, 0.5) is 0 Å². The van der Waals surface area contributed by atoms with Crippen molar-refractivity contribution in [3.05, 3.63) is 35.4 Å². The molecule has 1 rings (SSSR count). The number of carboxylic acids is 1. The predicted molar refractivity (Wildman–Crippen MR) is 55.6 cm³/mol. The summed E-state index contributed by atoms with van der Waals surface area (Å²) in [5, 5.41) is 17.4. The Balaban J connectivity index is 2.97. The highest BCUT2D eigenvalue weighted by Crippen LogP contribution is 2.20. The van der Waals surface area contributed by atoms with E-state index in [-0.39, 0.29) is 6.61 Å². The molecule has 1 aromatic carbocycles. The molecule has 2 N–H and O–H groups in total. The molecule has 1 aromatic rings. The van der Waals surface area contributed by atoms with E-state index in [2.05, 4.69) is 0 Å². The molecular weight excluding hydrogens is 196 g/mol. The zero-order valence-corrected chi connectivity index (χ0v) is 8.30. The van der Waals surface area contributed by atoms with E-state index in [0.29, 0.717) is 16.9 Å². The second-order valence-electron chi connectivity index (χ2n) is 2.90. The highest BCUT2D eigenvalue weighted by atomic mass is 16.5. The van der Waals surface area contributed by atoms with Crippen molar-refractivity contribution >= 4 is 12.0 Å². The zero-order chi connectivity index (χ0) is 11.3. The van der Waals surface area contributed by atoms with E-state index in [1.807, 2.05) is 0 Å². The third kappa shape index (κ3) is 3.11. The molecule has 0 aliphatic heterocycles. The summed E-state index contributed by atoms with van der Waals surface area (Å²) in [6.07, 6.45) is 2.51. The maximum Gasteiger partial charge on any atom is 0.328 e. The van der Waals surface area contributed by atoms with Crippen LogP contribution in [-0.2, 0) is 11.4 Å². The van der Waals surface area contributed by atoms with Gasteiger partial charge in [0, 0.05) is 11.6 Å². The number of hydrogen-bond acceptors (Lipinski definition) is 3. The molecular formula is C11H12O4. The molecule has 0 bridgehead atoms. The van der Waals surface area contributed by atoms with Gasteiger partial charge in [-0.15, -0.1) is 0 Å². The third-order valence-electron chi connectivity index (χ3n) is 1.90. The fraction of sp³-hybridized carbons (Fsp3) is 0.182. The lowest BCUT2D eigenvalue weighted by Crippen LogP contribution is -1.92. The Morgan fingerprint density at radius 2 is 2.27 bits per heavy atom. The highest BCUT2D eigenvalue weighted by molar-refractivity contribution is 5.85. The number of benzene rings is 1. The van der Waals surface area contributed by atoms with Gasteiger partial charge in [0.2, 0.25) is 0 Å². The van der Waals surface area contributed by atoms with Crippen LogP contribution in [0.5, 0.6) is 5.75 Å². The van der Waals surface area contributed by atoms with Gasteiger partial charge in [0.15, 0.2) is 0 Å². The highest BCUT2D eigenvalue weighted by Gasteiger charge is 2.01. The largest absolute Gasteiger partial charge is 0.496 e. The average Bonchev–Trinajstić information content (AvgIpc) is 2.25. The van der Waals surface area contributed by atoms with Gasteiger partial charge >= 0.3 is 5.97 Å². The monoisotopic (exact) mass is 208 g/mol. The number of aliphatic hydroxyl groups is 1. The number of hydrogen-bond donors (Lipinski definition) is 2. The van der Waals surface area contributed by atoms with E-state index in [1.165, 1.54) is 13.2 Å². The van der Waals surface area contributed by atoms with E-state index in [0.717, 1.165) is 6.08 Å². The molecule has 4 nitrogen and oxygen atoms in total. The summed E-state index contributed by atoms with van der Waals surface area (Å²) in [6.45, 7) is -0.105. The van der Waals surface area contributed by atoms with Crippen LogP contribution >= 0.6 is 0 Å². The normalized spacial score (nSPS) is 10.5. The van der Waals surface area contributed by atoms with Crippen LogP contribution in [0.25, 0.3) is 6.08 Å². The number of methoxy groups -OCH3 is 1. The number of rotatable bonds is 4. The van der Waals surface area contributed by atoms with Gasteiger partial charge in [0.25, 0.3) is 0 Å². The molecule has 0 amide bonds. The van der Waals surface area contributed by atoms with Crippen LogP contribution in [0.1, 0.15) is 11.1 Å². The van der Waals surface area contributed by atoms with Crippen LogP contribution in [0.15, 0.2) is 24.3 Å². The molecule has 0 saturated heterocycles. The molecule has 0 radical (unpaired) electrons. The lowest BCUT2D eigenvalue weighted by Gasteiger charge is -2.06. The first kappa shape index (κ1) is 11.3.